The van der Waals surface area contributed by atoms with Crippen molar-refractivity contribution in [3.63, 3.8) is 0 Å². The van der Waals surface area contributed by atoms with Gasteiger partial charge in [-0.1, -0.05) is 12.1 Å². The first-order valence-corrected chi connectivity index (χ1v) is 9.00. The van der Waals surface area contributed by atoms with Crippen LogP contribution in [0.4, 0.5) is 5.82 Å². The molecule has 1 aliphatic heterocycles. The van der Waals surface area contributed by atoms with E-state index >= 15 is 0 Å². The van der Waals surface area contributed by atoms with E-state index < -0.39 is 12.0 Å². The fourth-order valence-corrected chi connectivity index (χ4v) is 3.93. The van der Waals surface area contributed by atoms with Gasteiger partial charge in [-0.3, -0.25) is 4.79 Å². The van der Waals surface area contributed by atoms with Crippen LogP contribution in [0, 0.1) is 0 Å². The van der Waals surface area contributed by atoms with Crippen molar-refractivity contribution in [2.45, 2.75) is 25.3 Å². The molecular weight excluding hydrogens is 362 g/mol. The zero-order valence-electron chi connectivity index (χ0n) is 15.9. The minimum atomic E-state index is -0.525. The van der Waals surface area contributed by atoms with E-state index in [4.69, 9.17) is 14.2 Å². The standard InChI is InChI=1S/C20H21N3O5/c1-26-15-9-4-6-11(18(15)27-2)17-16-13(7-5-8-14(16)24)22-19-12(20(25)28-3)10-21-23(17)19/h4,6,9-10,17,22H,5,7-8H2,1-3H3/t17-/m1/s1. The van der Waals surface area contributed by atoms with Crippen molar-refractivity contribution < 1.29 is 23.8 Å². The van der Waals surface area contributed by atoms with Crippen molar-refractivity contribution in [2.24, 2.45) is 0 Å². The zero-order valence-corrected chi connectivity index (χ0v) is 15.9. The van der Waals surface area contributed by atoms with E-state index in [1.807, 2.05) is 12.1 Å². The fraction of sp³-hybridized carbons (Fsp3) is 0.350. The summed E-state index contributed by atoms with van der Waals surface area (Å²) in [4.78, 5) is 25.1. The molecule has 0 radical (unpaired) electrons. The summed E-state index contributed by atoms with van der Waals surface area (Å²) in [6.45, 7) is 0. The maximum Gasteiger partial charge on any atom is 0.343 e. The number of carbonyl (C=O) groups is 2. The number of fused-ring (bicyclic) bond motifs is 1. The Labute approximate surface area is 162 Å². The fourth-order valence-electron chi connectivity index (χ4n) is 3.93. The lowest BCUT2D eigenvalue weighted by Crippen LogP contribution is -2.32. The number of carbonyl (C=O) groups excluding carboxylic acids is 2. The molecule has 1 aromatic carbocycles. The normalized spacial score (nSPS) is 18.1. The van der Waals surface area contributed by atoms with Gasteiger partial charge in [0, 0.05) is 23.3 Å². The summed E-state index contributed by atoms with van der Waals surface area (Å²) in [5.41, 5.74) is 2.51. The molecule has 1 aliphatic carbocycles. The molecule has 8 heteroatoms. The zero-order chi connectivity index (χ0) is 19.8. The van der Waals surface area contributed by atoms with Crippen molar-refractivity contribution in [2.75, 3.05) is 26.6 Å². The van der Waals surface area contributed by atoms with Crippen molar-refractivity contribution >= 4 is 17.6 Å². The maximum absolute atomic E-state index is 12.9. The second-order valence-electron chi connectivity index (χ2n) is 6.62. The minimum Gasteiger partial charge on any atom is -0.493 e. The lowest BCUT2D eigenvalue weighted by Gasteiger charge is -2.34. The van der Waals surface area contributed by atoms with Gasteiger partial charge >= 0.3 is 5.97 Å². The average Bonchev–Trinajstić information content (AvgIpc) is 3.14. The highest BCUT2D eigenvalue weighted by molar-refractivity contribution is 6.01. The van der Waals surface area contributed by atoms with Gasteiger partial charge in [0.2, 0.25) is 0 Å². The number of benzene rings is 1. The highest BCUT2D eigenvalue weighted by Gasteiger charge is 2.39. The molecule has 0 bridgehead atoms. The van der Waals surface area contributed by atoms with Crippen LogP contribution in [0.3, 0.4) is 0 Å². The van der Waals surface area contributed by atoms with Gasteiger partial charge < -0.3 is 19.5 Å². The Bertz CT molecular complexity index is 992. The number of aromatic nitrogens is 2. The van der Waals surface area contributed by atoms with E-state index in [9.17, 15) is 9.59 Å². The van der Waals surface area contributed by atoms with Crippen LogP contribution in [0.1, 0.15) is 41.2 Å². The van der Waals surface area contributed by atoms with Crippen LogP contribution in [0.2, 0.25) is 0 Å². The Morgan fingerprint density at radius 3 is 2.75 bits per heavy atom. The number of hydrogen-bond acceptors (Lipinski definition) is 7. The Hall–Kier alpha value is -3.29. The summed E-state index contributed by atoms with van der Waals surface area (Å²) in [5.74, 6) is 1.17. The van der Waals surface area contributed by atoms with E-state index in [0.717, 1.165) is 24.1 Å². The number of nitrogens with zero attached hydrogens (tertiary/aromatic N) is 2. The molecule has 28 heavy (non-hydrogen) atoms. The number of methoxy groups -OCH3 is 3. The van der Waals surface area contributed by atoms with Crippen LogP contribution in [-0.4, -0.2) is 42.9 Å². The van der Waals surface area contributed by atoms with Gasteiger partial charge in [-0.15, -0.1) is 0 Å². The van der Waals surface area contributed by atoms with Crippen molar-refractivity contribution in [1.82, 2.24) is 9.78 Å². The Morgan fingerprint density at radius 1 is 1.21 bits per heavy atom. The molecule has 0 saturated heterocycles. The quantitative estimate of drug-likeness (QED) is 0.812. The number of ether oxygens (including phenoxy) is 3. The number of hydrogen-bond donors (Lipinski definition) is 1. The number of anilines is 1. The summed E-state index contributed by atoms with van der Waals surface area (Å²) >= 11 is 0. The van der Waals surface area contributed by atoms with Gasteiger partial charge in [-0.25, -0.2) is 9.48 Å². The van der Waals surface area contributed by atoms with Crippen molar-refractivity contribution in [3.05, 3.63) is 46.8 Å². The van der Waals surface area contributed by atoms with E-state index in [2.05, 4.69) is 10.4 Å². The molecule has 1 atom stereocenters. The summed E-state index contributed by atoms with van der Waals surface area (Å²) in [7, 11) is 4.45. The largest absolute Gasteiger partial charge is 0.493 e. The lowest BCUT2D eigenvalue weighted by atomic mass is 9.85. The Morgan fingerprint density at radius 2 is 2.04 bits per heavy atom. The molecule has 4 rings (SSSR count). The SMILES string of the molecule is COC(=O)c1cnn2c1NC1=C(C(=O)CCC1)[C@H]2c1cccc(OC)c1OC. The second kappa shape index (κ2) is 7.03. The summed E-state index contributed by atoms with van der Waals surface area (Å²) in [6, 6.07) is 5.00. The molecule has 0 unspecified atom stereocenters. The summed E-state index contributed by atoms with van der Waals surface area (Å²) in [6.07, 6.45) is 3.41. The predicted octanol–water partition coefficient (Wildman–Crippen LogP) is 2.71. The highest BCUT2D eigenvalue weighted by atomic mass is 16.5. The molecule has 8 nitrogen and oxygen atoms in total. The van der Waals surface area contributed by atoms with Crippen LogP contribution >= 0.6 is 0 Å². The third-order valence-corrected chi connectivity index (χ3v) is 5.17. The van der Waals surface area contributed by atoms with Crippen LogP contribution in [0.25, 0.3) is 0 Å². The third kappa shape index (κ3) is 2.64. The number of rotatable bonds is 4. The Kier molecular flexibility index (Phi) is 4.54. The van der Waals surface area contributed by atoms with Crippen LogP contribution in [-0.2, 0) is 9.53 Å². The van der Waals surface area contributed by atoms with Gasteiger partial charge in [-0.2, -0.15) is 5.10 Å². The van der Waals surface area contributed by atoms with E-state index in [-0.39, 0.29) is 5.78 Å². The molecule has 146 valence electrons. The topological polar surface area (TPSA) is 91.7 Å². The van der Waals surface area contributed by atoms with Crippen molar-refractivity contribution in [3.8, 4) is 11.5 Å². The number of ketones is 1. The van der Waals surface area contributed by atoms with E-state index in [1.165, 1.54) is 13.3 Å². The van der Waals surface area contributed by atoms with Gasteiger partial charge in [0.15, 0.2) is 17.3 Å². The average molecular weight is 383 g/mol. The molecule has 2 aromatic rings. The maximum atomic E-state index is 12.9. The van der Waals surface area contributed by atoms with Crippen LogP contribution in [0.5, 0.6) is 11.5 Å². The van der Waals surface area contributed by atoms with E-state index in [0.29, 0.717) is 34.9 Å². The molecule has 2 aliphatic rings. The van der Waals surface area contributed by atoms with Gasteiger partial charge in [-0.05, 0) is 18.9 Å². The first-order valence-electron chi connectivity index (χ1n) is 9.00. The first kappa shape index (κ1) is 18.1. The van der Waals surface area contributed by atoms with Crippen molar-refractivity contribution in [1.29, 1.82) is 0 Å². The van der Waals surface area contributed by atoms with Crippen LogP contribution < -0.4 is 14.8 Å². The number of para-hydroxylation sites is 1. The number of allylic oxidation sites excluding steroid dienone is 2. The molecule has 1 N–H and O–H groups in total. The monoisotopic (exact) mass is 383 g/mol. The Balaban J connectivity index is 1.97. The highest BCUT2D eigenvalue weighted by Crippen LogP contribution is 2.46. The second-order valence-corrected chi connectivity index (χ2v) is 6.62. The van der Waals surface area contributed by atoms with Crippen LogP contribution in [0.15, 0.2) is 35.7 Å². The summed E-state index contributed by atoms with van der Waals surface area (Å²) in [5, 5.41) is 7.66. The molecular formula is C20H21N3O5. The smallest absolute Gasteiger partial charge is 0.343 e. The predicted molar refractivity (Wildman–Crippen MR) is 101 cm³/mol. The van der Waals surface area contributed by atoms with Gasteiger partial charge in [0.05, 0.1) is 27.5 Å². The third-order valence-electron chi connectivity index (χ3n) is 5.17. The minimum absolute atomic E-state index is 0.0596. The summed E-state index contributed by atoms with van der Waals surface area (Å²) < 4.78 is 17.6. The molecule has 1 aromatic heterocycles. The first-order chi connectivity index (χ1) is 13.6. The molecule has 0 spiro atoms. The van der Waals surface area contributed by atoms with Gasteiger partial charge in [0.1, 0.15) is 17.4 Å². The molecule has 0 amide bonds. The molecule has 0 saturated carbocycles. The lowest BCUT2D eigenvalue weighted by molar-refractivity contribution is -0.116. The number of esters is 1. The molecule has 0 fully saturated rings. The number of nitrogens with one attached hydrogen (secondary N) is 1. The number of Topliss-reactive ketones (excluding diaryl/α,β-unsaturated/α-hetero) is 1. The van der Waals surface area contributed by atoms with Gasteiger partial charge in [0.25, 0.3) is 0 Å². The molecule has 2 heterocycles. The van der Waals surface area contributed by atoms with E-state index in [1.54, 1.807) is 25.0 Å².